The molecule has 1 aromatic rings. The summed E-state index contributed by atoms with van der Waals surface area (Å²) in [7, 11) is -4.82. The summed E-state index contributed by atoms with van der Waals surface area (Å²) in [6.45, 7) is 3.77. The number of hydrogen-bond acceptors (Lipinski definition) is 10. The molecule has 0 aromatic heterocycles. The summed E-state index contributed by atoms with van der Waals surface area (Å²) in [5.74, 6) is -3.14. The zero-order chi connectivity index (χ0) is 34.8. The number of guanidine groups is 1. The molecular formula is C29H43ClN6O10S. The van der Waals surface area contributed by atoms with Crippen molar-refractivity contribution in [3.8, 4) is 5.75 Å². The molecule has 1 aliphatic carbocycles. The zero-order valence-corrected chi connectivity index (χ0v) is 27.7. The van der Waals surface area contributed by atoms with Crippen molar-refractivity contribution in [1.82, 2.24) is 20.4 Å². The Morgan fingerprint density at radius 2 is 1.87 bits per heavy atom. The van der Waals surface area contributed by atoms with Crippen LogP contribution in [-0.4, -0.2) is 111 Å². The van der Waals surface area contributed by atoms with E-state index in [9.17, 15) is 38.1 Å². The number of aliphatic hydroxyl groups is 3. The van der Waals surface area contributed by atoms with E-state index in [-0.39, 0.29) is 35.5 Å². The van der Waals surface area contributed by atoms with E-state index in [0.29, 0.717) is 44.2 Å². The second-order valence-corrected chi connectivity index (χ2v) is 14.2. The molecule has 4 rings (SSSR count). The largest absolute Gasteiger partial charge is 0.446 e. The van der Waals surface area contributed by atoms with E-state index in [1.165, 1.54) is 21.9 Å². The van der Waals surface area contributed by atoms with Crippen molar-refractivity contribution in [2.75, 3.05) is 6.54 Å². The average molecular weight is 703 g/mol. The topological polar surface area (TPSA) is 256 Å². The van der Waals surface area contributed by atoms with Gasteiger partial charge in [0.25, 0.3) is 0 Å². The van der Waals surface area contributed by atoms with Crippen LogP contribution in [0.25, 0.3) is 0 Å². The first-order valence-electron chi connectivity index (χ1n) is 15.5. The van der Waals surface area contributed by atoms with Gasteiger partial charge in [-0.2, -0.15) is 8.42 Å². The van der Waals surface area contributed by atoms with E-state index >= 15 is 0 Å². The number of benzene rings is 1. The number of amides is 3. The molecule has 2 saturated heterocycles. The minimum Gasteiger partial charge on any atom is -0.393 e. The fourth-order valence-corrected chi connectivity index (χ4v) is 7.41. The SMILES string of the molecule is CC(C)[C@@H](NC(=O)[C@H](O)Cc1ccc(OS(=O)(=O)O)c(Cl)c1)C(=O)N1C(C(=O)N[C@@H]2CCCN(C(=N)N)[C@@H]2O)C[C@@H]2CC[C@@H](O)C[C@@H]21. The molecule has 9 N–H and O–H groups in total. The lowest BCUT2D eigenvalue weighted by Gasteiger charge is -2.40. The number of likely N-dealkylation sites (tertiary alicyclic amines) is 2. The summed E-state index contributed by atoms with van der Waals surface area (Å²) in [6, 6.07) is 0.445. The molecule has 3 fully saturated rings. The molecular weight excluding hydrogens is 660 g/mol. The van der Waals surface area contributed by atoms with Gasteiger partial charge in [-0.25, -0.2) is 0 Å². The van der Waals surface area contributed by atoms with Gasteiger partial charge in [-0.3, -0.25) is 24.3 Å². The molecule has 18 heteroatoms. The first-order valence-corrected chi connectivity index (χ1v) is 17.2. The van der Waals surface area contributed by atoms with Crippen LogP contribution in [0.5, 0.6) is 5.75 Å². The van der Waals surface area contributed by atoms with Crippen LogP contribution < -0.4 is 20.6 Å². The van der Waals surface area contributed by atoms with Crippen LogP contribution in [0.3, 0.4) is 0 Å². The van der Waals surface area contributed by atoms with Crippen molar-refractivity contribution in [3.63, 3.8) is 0 Å². The summed E-state index contributed by atoms with van der Waals surface area (Å²) in [6.07, 6.45) is -1.09. The molecule has 3 amide bonds. The van der Waals surface area contributed by atoms with Gasteiger partial charge in [-0.05, 0) is 68.1 Å². The molecule has 47 heavy (non-hydrogen) atoms. The van der Waals surface area contributed by atoms with Crippen LogP contribution in [-0.2, 0) is 31.2 Å². The van der Waals surface area contributed by atoms with Gasteiger partial charge in [0.05, 0.1) is 17.2 Å². The van der Waals surface area contributed by atoms with Gasteiger partial charge >= 0.3 is 10.4 Å². The molecule has 2 heterocycles. The molecule has 8 atom stereocenters. The molecule has 0 bridgehead atoms. The predicted octanol–water partition coefficient (Wildman–Crippen LogP) is -0.511. The maximum atomic E-state index is 14.2. The highest BCUT2D eigenvalue weighted by Gasteiger charge is 2.51. The number of aliphatic hydroxyl groups excluding tert-OH is 3. The van der Waals surface area contributed by atoms with Gasteiger partial charge in [-0.15, -0.1) is 0 Å². The lowest BCUT2D eigenvalue weighted by atomic mass is 9.83. The van der Waals surface area contributed by atoms with Gasteiger partial charge < -0.3 is 45.7 Å². The third-order valence-corrected chi connectivity index (χ3v) is 9.77. The van der Waals surface area contributed by atoms with Crippen molar-refractivity contribution in [3.05, 3.63) is 28.8 Å². The fourth-order valence-electron chi connectivity index (χ4n) is 6.75. The summed E-state index contributed by atoms with van der Waals surface area (Å²) in [5.41, 5.74) is 5.92. The standard InChI is InChI=1S/C29H43ClN6O10S/c1-14(2)24(34-26(40)22(38)11-15-5-8-23(18(30)10-15)46-47(43,44)45)28(42)36-20-13-17(37)7-6-16(20)12-21(36)25(39)33-19-4-3-9-35(27(19)41)29(31)32/h5,8,10,14,16-17,19-22,24,27,37-38,41H,3-4,6-7,9,11-13H2,1-2H3,(H3,31,32)(H,33,39)(H,34,40)(H,43,44,45)/t16-,17+,19+,20-,21?,22+,24+,27+/m0/s1. The van der Waals surface area contributed by atoms with Crippen LogP contribution in [0.1, 0.15) is 57.9 Å². The van der Waals surface area contributed by atoms with Crippen molar-refractivity contribution >= 4 is 45.7 Å². The summed E-state index contributed by atoms with van der Waals surface area (Å²) in [5, 5.41) is 45.0. The van der Waals surface area contributed by atoms with Crippen LogP contribution in [0.2, 0.25) is 5.02 Å². The Balaban J connectivity index is 1.50. The number of carbonyl (C=O) groups is 3. The summed E-state index contributed by atoms with van der Waals surface area (Å²) < 4.78 is 35.2. The van der Waals surface area contributed by atoms with Crippen molar-refractivity contribution in [2.24, 2.45) is 17.6 Å². The number of fused-ring (bicyclic) bond motifs is 1. The summed E-state index contributed by atoms with van der Waals surface area (Å²) in [4.78, 5) is 43.9. The Morgan fingerprint density at radius 1 is 1.17 bits per heavy atom. The van der Waals surface area contributed by atoms with Crippen LogP contribution in [0, 0.1) is 17.2 Å². The molecule has 0 spiro atoms. The van der Waals surface area contributed by atoms with Gasteiger partial charge in [0.1, 0.15) is 24.4 Å². The van der Waals surface area contributed by atoms with Crippen molar-refractivity contribution < 1.29 is 46.9 Å². The van der Waals surface area contributed by atoms with E-state index < -0.39 is 76.6 Å². The Labute approximate surface area is 278 Å². The monoisotopic (exact) mass is 702 g/mol. The highest BCUT2D eigenvalue weighted by atomic mass is 35.5. The molecule has 262 valence electrons. The number of nitrogens with one attached hydrogen (secondary N) is 3. The lowest BCUT2D eigenvalue weighted by Crippen LogP contribution is -2.62. The molecule has 1 unspecified atom stereocenters. The Hall–Kier alpha value is -3.22. The minimum atomic E-state index is -4.82. The lowest BCUT2D eigenvalue weighted by molar-refractivity contribution is -0.147. The maximum absolute atomic E-state index is 14.2. The first kappa shape index (κ1) is 36.6. The Kier molecular flexibility index (Phi) is 11.6. The second kappa shape index (κ2) is 14.9. The quantitative estimate of drug-likeness (QED) is 0.0872. The van der Waals surface area contributed by atoms with E-state index in [0.717, 1.165) is 6.07 Å². The highest BCUT2D eigenvalue weighted by molar-refractivity contribution is 7.81. The molecule has 3 aliphatic rings. The predicted molar refractivity (Wildman–Crippen MR) is 168 cm³/mol. The Bertz CT molecular complexity index is 1460. The smallest absolute Gasteiger partial charge is 0.393 e. The molecule has 16 nitrogen and oxygen atoms in total. The Morgan fingerprint density at radius 3 is 2.49 bits per heavy atom. The van der Waals surface area contributed by atoms with Gasteiger partial charge in [0, 0.05) is 19.0 Å². The maximum Gasteiger partial charge on any atom is 0.446 e. The van der Waals surface area contributed by atoms with E-state index in [4.69, 9.17) is 27.3 Å². The van der Waals surface area contributed by atoms with Gasteiger partial charge in [-0.1, -0.05) is 31.5 Å². The third kappa shape index (κ3) is 8.83. The van der Waals surface area contributed by atoms with Crippen molar-refractivity contribution in [2.45, 2.75) is 101 Å². The van der Waals surface area contributed by atoms with Crippen LogP contribution >= 0.6 is 11.6 Å². The minimum absolute atomic E-state index is 0.0743. The zero-order valence-electron chi connectivity index (χ0n) is 26.1. The average Bonchev–Trinajstić information content (AvgIpc) is 3.35. The number of carbonyl (C=O) groups excluding carboxylic acids is 3. The number of hydrogen-bond donors (Lipinski definition) is 8. The van der Waals surface area contributed by atoms with Gasteiger partial charge in [0.2, 0.25) is 17.7 Å². The number of piperidine rings is 1. The molecule has 1 saturated carbocycles. The second-order valence-electron chi connectivity index (χ2n) is 12.8. The first-order chi connectivity index (χ1) is 22.0. The van der Waals surface area contributed by atoms with E-state index in [1.54, 1.807) is 13.8 Å². The highest BCUT2D eigenvalue weighted by Crippen LogP contribution is 2.41. The van der Waals surface area contributed by atoms with Crippen LogP contribution in [0.4, 0.5) is 0 Å². The number of rotatable bonds is 10. The van der Waals surface area contributed by atoms with E-state index in [2.05, 4.69) is 14.8 Å². The number of nitrogens with zero attached hydrogens (tertiary/aromatic N) is 2. The number of halogens is 1. The molecule has 2 aliphatic heterocycles. The third-order valence-electron chi connectivity index (χ3n) is 9.09. The molecule has 0 radical (unpaired) electrons. The molecule has 1 aromatic carbocycles. The van der Waals surface area contributed by atoms with E-state index in [1.807, 2.05) is 0 Å². The fraction of sp³-hybridized carbons (Fsp3) is 0.655. The number of nitrogens with two attached hydrogens (primary N) is 1. The summed E-state index contributed by atoms with van der Waals surface area (Å²) >= 11 is 6.02. The van der Waals surface area contributed by atoms with Gasteiger partial charge in [0.15, 0.2) is 11.7 Å². The van der Waals surface area contributed by atoms with Crippen LogP contribution in [0.15, 0.2) is 18.2 Å². The van der Waals surface area contributed by atoms with Crippen molar-refractivity contribution in [1.29, 1.82) is 5.41 Å². The normalized spacial score (nSPS) is 27.5.